The van der Waals surface area contributed by atoms with Gasteiger partial charge in [-0.3, -0.25) is 19.8 Å². The number of anilines is 1. The van der Waals surface area contributed by atoms with Crippen LogP contribution in [0.15, 0.2) is 47.8 Å². The van der Waals surface area contributed by atoms with Crippen LogP contribution in [0.25, 0.3) is 0 Å². The highest BCUT2D eigenvalue weighted by Gasteiger charge is 2.15. The summed E-state index contributed by atoms with van der Waals surface area (Å²) < 4.78 is 0. The first-order chi connectivity index (χ1) is 12.6. The Kier molecular flexibility index (Phi) is 7.78. The van der Waals surface area contributed by atoms with Crippen molar-refractivity contribution in [3.63, 3.8) is 0 Å². The van der Waals surface area contributed by atoms with Crippen molar-refractivity contribution < 1.29 is 14.4 Å². The second kappa shape index (κ2) is 10.3. The van der Waals surface area contributed by atoms with E-state index >= 15 is 0 Å². The molecule has 0 fully saturated rings. The van der Waals surface area contributed by atoms with Gasteiger partial charge in [0.2, 0.25) is 11.8 Å². The molecular weight excluding hydrogens is 352 g/mol. The molecule has 0 aliphatic carbocycles. The minimum absolute atomic E-state index is 0.0366. The third-order valence-electron chi connectivity index (χ3n) is 3.51. The highest BCUT2D eigenvalue weighted by molar-refractivity contribution is 7.09. The van der Waals surface area contributed by atoms with Crippen molar-refractivity contribution in [1.29, 1.82) is 0 Å². The predicted octanol–water partition coefficient (Wildman–Crippen LogP) is 2.03. The Labute approximate surface area is 156 Å². The molecule has 138 valence electrons. The maximum absolute atomic E-state index is 12.0. The van der Waals surface area contributed by atoms with E-state index in [2.05, 4.69) is 16.0 Å². The third kappa shape index (κ3) is 7.04. The molecule has 0 saturated carbocycles. The Morgan fingerprint density at radius 3 is 2.38 bits per heavy atom. The van der Waals surface area contributed by atoms with E-state index in [1.54, 1.807) is 40.5 Å². The number of benzene rings is 1. The summed E-state index contributed by atoms with van der Waals surface area (Å²) in [6, 6.07) is 12.1. The molecule has 2 aromatic rings. The fourth-order valence-corrected chi connectivity index (χ4v) is 2.84. The largest absolute Gasteiger partial charge is 0.350 e. The van der Waals surface area contributed by atoms with Crippen LogP contribution < -0.4 is 16.0 Å². The van der Waals surface area contributed by atoms with Gasteiger partial charge in [-0.25, -0.2) is 4.79 Å². The number of nitrogens with one attached hydrogen (secondary N) is 3. The number of urea groups is 1. The molecule has 1 heterocycles. The van der Waals surface area contributed by atoms with Crippen LogP contribution in [0.2, 0.25) is 0 Å². The third-order valence-corrected chi connectivity index (χ3v) is 4.38. The average Bonchev–Trinajstić information content (AvgIpc) is 3.13. The summed E-state index contributed by atoms with van der Waals surface area (Å²) in [7, 11) is 0. The zero-order valence-electron chi connectivity index (χ0n) is 14.5. The Morgan fingerprint density at radius 2 is 1.73 bits per heavy atom. The summed E-state index contributed by atoms with van der Waals surface area (Å²) in [4.78, 5) is 38.5. The monoisotopic (exact) mass is 374 g/mol. The number of rotatable bonds is 8. The van der Waals surface area contributed by atoms with E-state index in [4.69, 9.17) is 0 Å². The summed E-state index contributed by atoms with van der Waals surface area (Å²) in [5.41, 5.74) is 0.595. The van der Waals surface area contributed by atoms with Crippen molar-refractivity contribution in [2.45, 2.75) is 13.5 Å². The van der Waals surface area contributed by atoms with Gasteiger partial charge in [0.25, 0.3) is 0 Å². The topological polar surface area (TPSA) is 90.5 Å². The maximum Gasteiger partial charge on any atom is 0.325 e. The van der Waals surface area contributed by atoms with Crippen LogP contribution in [-0.2, 0) is 16.1 Å². The molecule has 1 aromatic heterocycles. The molecule has 0 unspecified atom stereocenters. The minimum atomic E-state index is -0.598. The van der Waals surface area contributed by atoms with Gasteiger partial charge >= 0.3 is 6.03 Å². The fourth-order valence-electron chi connectivity index (χ4n) is 2.19. The van der Waals surface area contributed by atoms with Gasteiger partial charge in [0, 0.05) is 10.6 Å². The summed E-state index contributed by atoms with van der Waals surface area (Å²) in [5.74, 6) is -0.631. The molecule has 2 rings (SSSR count). The van der Waals surface area contributed by atoms with Gasteiger partial charge in [-0.15, -0.1) is 11.3 Å². The zero-order chi connectivity index (χ0) is 18.8. The van der Waals surface area contributed by atoms with Gasteiger partial charge in [0.05, 0.1) is 19.6 Å². The molecule has 26 heavy (non-hydrogen) atoms. The summed E-state index contributed by atoms with van der Waals surface area (Å²) >= 11 is 1.57. The molecule has 0 saturated heterocycles. The molecule has 3 N–H and O–H groups in total. The molecule has 7 nitrogen and oxygen atoms in total. The van der Waals surface area contributed by atoms with Crippen molar-refractivity contribution in [2.75, 3.05) is 25.0 Å². The molecule has 0 aliphatic heterocycles. The van der Waals surface area contributed by atoms with Crippen molar-refractivity contribution in [1.82, 2.24) is 15.5 Å². The number of carbonyl (C=O) groups excluding carboxylic acids is 3. The molecule has 0 bridgehead atoms. The van der Waals surface area contributed by atoms with Crippen LogP contribution in [0.3, 0.4) is 0 Å². The number of hydrogen-bond acceptors (Lipinski definition) is 5. The van der Waals surface area contributed by atoms with Crippen LogP contribution in [0.1, 0.15) is 11.8 Å². The fraction of sp³-hybridized carbons (Fsp3) is 0.278. The van der Waals surface area contributed by atoms with E-state index in [-0.39, 0.29) is 19.0 Å². The molecule has 8 heteroatoms. The Bertz CT molecular complexity index is 719. The van der Waals surface area contributed by atoms with E-state index in [0.29, 0.717) is 18.8 Å². The molecule has 0 radical (unpaired) electrons. The average molecular weight is 374 g/mol. The highest BCUT2D eigenvalue weighted by atomic mass is 32.1. The Morgan fingerprint density at radius 1 is 1.00 bits per heavy atom. The van der Waals surface area contributed by atoms with Gasteiger partial charge in [0.15, 0.2) is 0 Å². The second-order valence-corrected chi connectivity index (χ2v) is 6.56. The van der Waals surface area contributed by atoms with Crippen LogP contribution in [-0.4, -0.2) is 42.4 Å². The number of nitrogens with zero attached hydrogens (tertiary/aromatic N) is 1. The maximum atomic E-state index is 12.0. The number of amides is 4. The van der Waals surface area contributed by atoms with E-state index in [1.807, 2.05) is 30.5 Å². The normalized spacial score (nSPS) is 10.4. The summed E-state index contributed by atoms with van der Waals surface area (Å²) in [6.07, 6.45) is 0. The molecule has 0 atom stereocenters. The van der Waals surface area contributed by atoms with Gasteiger partial charge in [-0.2, -0.15) is 0 Å². The van der Waals surface area contributed by atoms with Crippen molar-refractivity contribution in [3.05, 3.63) is 52.7 Å². The van der Waals surface area contributed by atoms with E-state index < -0.39 is 11.9 Å². The summed E-state index contributed by atoms with van der Waals surface area (Å²) in [5, 5.41) is 9.60. The second-order valence-electron chi connectivity index (χ2n) is 5.53. The lowest BCUT2D eigenvalue weighted by atomic mass is 10.3. The Hall–Kier alpha value is -2.71. The van der Waals surface area contributed by atoms with Crippen molar-refractivity contribution >= 4 is 34.9 Å². The van der Waals surface area contributed by atoms with E-state index in [0.717, 1.165) is 4.88 Å². The number of para-hydroxylation sites is 1. The SMILES string of the molecule is CCN(CC(=O)NCc1cccs1)CC(=O)NC(=O)Nc1ccccc1. The van der Waals surface area contributed by atoms with Crippen molar-refractivity contribution in [2.24, 2.45) is 0 Å². The van der Waals surface area contributed by atoms with Gasteiger partial charge in [-0.1, -0.05) is 31.2 Å². The standard InChI is InChI=1S/C18H22N4O3S/c1-2-22(12-16(23)19-11-15-9-6-10-26-15)13-17(24)21-18(25)20-14-7-4-3-5-8-14/h3-10H,2,11-13H2,1H3,(H,19,23)(H2,20,21,24,25). The highest BCUT2D eigenvalue weighted by Crippen LogP contribution is 2.07. The lowest BCUT2D eigenvalue weighted by Crippen LogP contribution is -2.45. The van der Waals surface area contributed by atoms with Crippen LogP contribution >= 0.6 is 11.3 Å². The van der Waals surface area contributed by atoms with Gasteiger partial charge in [0.1, 0.15) is 0 Å². The summed E-state index contributed by atoms with van der Waals surface area (Å²) in [6.45, 7) is 2.89. The first-order valence-electron chi connectivity index (χ1n) is 8.24. The number of carbonyl (C=O) groups is 3. The van der Waals surface area contributed by atoms with Crippen LogP contribution in [0.5, 0.6) is 0 Å². The quantitative estimate of drug-likeness (QED) is 0.659. The number of imide groups is 1. The number of thiophene rings is 1. The Balaban J connectivity index is 1.72. The number of likely N-dealkylation sites (N-methyl/N-ethyl adjacent to an activating group) is 1. The molecule has 4 amide bonds. The lowest BCUT2D eigenvalue weighted by Gasteiger charge is -2.19. The number of hydrogen-bond donors (Lipinski definition) is 3. The lowest BCUT2D eigenvalue weighted by molar-refractivity contribution is -0.124. The van der Waals surface area contributed by atoms with Gasteiger partial charge in [-0.05, 0) is 30.1 Å². The van der Waals surface area contributed by atoms with E-state index in [9.17, 15) is 14.4 Å². The van der Waals surface area contributed by atoms with E-state index in [1.165, 1.54) is 0 Å². The molecule has 1 aromatic carbocycles. The minimum Gasteiger partial charge on any atom is -0.350 e. The smallest absolute Gasteiger partial charge is 0.325 e. The van der Waals surface area contributed by atoms with Crippen LogP contribution in [0, 0.1) is 0 Å². The van der Waals surface area contributed by atoms with Crippen LogP contribution in [0.4, 0.5) is 10.5 Å². The molecule has 0 aliphatic rings. The molecule has 0 spiro atoms. The first-order valence-corrected chi connectivity index (χ1v) is 9.12. The first kappa shape index (κ1) is 19.6. The molecular formula is C18H22N4O3S. The van der Waals surface area contributed by atoms with Crippen molar-refractivity contribution in [3.8, 4) is 0 Å². The predicted molar refractivity (Wildman–Crippen MR) is 102 cm³/mol. The zero-order valence-corrected chi connectivity index (χ0v) is 15.3. The van der Waals surface area contributed by atoms with Gasteiger partial charge < -0.3 is 10.6 Å².